The number of aromatic nitrogens is 3. The van der Waals surface area contributed by atoms with E-state index in [-0.39, 0.29) is 12.4 Å². The van der Waals surface area contributed by atoms with E-state index in [1.165, 1.54) is 5.56 Å². The molecule has 1 aromatic carbocycles. The number of rotatable bonds is 8. The van der Waals surface area contributed by atoms with Crippen LogP contribution in [0.5, 0.6) is 0 Å². The maximum atomic E-state index is 11.6. The summed E-state index contributed by atoms with van der Waals surface area (Å²) >= 11 is 0. The molecule has 1 N–H and O–H groups in total. The first kappa shape index (κ1) is 18.8. The predicted octanol–water partition coefficient (Wildman–Crippen LogP) is 3.64. The molecule has 1 atom stereocenters. The fraction of sp³-hybridized carbons (Fsp3) is 0.400. The largest absolute Gasteiger partial charge is 0.466 e. The van der Waals surface area contributed by atoms with Crippen molar-refractivity contribution in [2.24, 2.45) is 0 Å². The van der Waals surface area contributed by atoms with Crippen molar-refractivity contribution in [3.8, 4) is 0 Å². The Balaban J connectivity index is 1.78. The van der Waals surface area contributed by atoms with Gasteiger partial charge in [0.15, 0.2) is 0 Å². The van der Waals surface area contributed by atoms with Crippen molar-refractivity contribution >= 4 is 22.9 Å². The Bertz CT molecular complexity index is 908. The first-order valence-corrected chi connectivity index (χ1v) is 9.15. The van der Waals surface area contributed by atoms with Crippen molar-refractivity contribution < 1.29 is 14.1 Å². The highest BCUT2D eigenvalue weighted by Gasteiger charge is 2.16. The number of carbonyl (C=O) groups excluding carboxylic acids is 1. The number of esters is 1. The highest BCUT2D eigenvalue weighted by molar-refractivity contribution is 5.87. The summed E-state index contributed by atoms with van der Waals surface area (Å²) in [6, 6.07) is 10.3. The molecule has 142 valence electrons. The van der Waals surface area contributed by atoms with Gasteiger partial charge in [0.05, 0.1) is 18.7 Å². The highest BCUT2D eigenvalue weighted by atomic mass is 16.5. The van der Waals surface area contributed by atoms with Crippen LogP contribution in [-0.2, 0) is 16.0 Å². The van der Waals surface area contributed by atoms with Gasteiger partial charge in [0.1, 0.15) is 17.0 Å². The molecule has 27 heavy (non-hydrogen) atoms. The first-order valence-electron chi connectivity index (χ1n) is 9.15. The first-order chi connectivity index (χ1) is 13.1. The van der Waals surface area contributed by atoms with Crippen LogP contribution in [0.2, 0.25) is 0 Å². The molecule has 0 fully saturated rings. The maximum absolute atomic E-state index is 11.6. The number of aryl methyl sites for hydroxylation is 2. The minimum atomic E-state index is -0.262. The molecule has 0 spiro atoms. The smallest absolute Gasteiger partial charge is 0.306 e. The Hall–Kier alpha value is -2.96. The Morgan fingerprint density at radius 2 is 2.04 bits per heavy atom. The van der Waals surface area contributed by atoms with Crippen molar-refractivity contribution in [3.63, 3.8) is 0 Å². The van der Waals surface area contributed by atoms with Gasteiger partial charge in [-0.2, -0.15) is 4.98 Å². The zero-order valence-corrected chi connectivity index (χ0v) is 15.9. The van der Waals surface area contributed by atoms with Gasteiger partial charge in [-0.15, -0.1) is 0 Å². The molecule has 0 bridgehead atoms. The molecule has 0 aliphatic rings. The summed E-state index contributed by atoms with van der Waals surface area (Å²) in [5, 5.41) is 8.17. The van der Waals surface area contributed by atoms with E-state index < -0.39 is 0 Å². The van der Waals surface area contributed by atoms with Crippen LogP contribution in [0.15, 0.2) is 34.9 Å². The quantitative estimate of drug-likeness (QED) is 0.607. The lowest BCUT2D eigenvalue weighted by molar-refractivity contribution is -0.143. The summed E-state index contributed by atoms with van der Waals surface area (Å²) in [7, 11) is 0. The van der Waals surface area contributed by atoms with Gasteiger partial charge in [0.2, 0.25) is 0 Å². The molecular weight excluding hydrogens is 344 g/mol. The molecule has 0 saturated carbocycles. The molecule has 2 heterocycles. The van der Waals surface area contributed by atoms with Crippen LogP contribution in [-0.4, -0.2) is 34.2 Å². The van der Waals surface area contributed by atoms with Gasteiger partial charge < -0.3 is 14.6 Å². The molecule has 0 aliphatic carbocycles. The number of hydrogen-bond donors (Lipinski definition) is 1. The van der Waals surface area contributed by atoms with Crippen molar-refractivity contribution in [1.82, 2.24) is 15.1 Å². The molecule has 0 radical (unpaired) electrons. The highest BCUT2D eigenvalue weighted by Crippen LogP contribution is 2.25. The Labute approximate surface area is 158 Å². The van der Waals surface area contributed by atoms with Crippen LogP contribution in [0.25, 0.3) is 11.1 Å². The number of hydrogen-bond acceptors (Lipinski definition) is 7. The average Bonchev–Trinajstić information content (AvgIpc) is 3.06. The zero-order chi connectivity index (χ0) is 19.2. The van der Waals surface area contributed by atoms with Gasteiger partial charge in [0.25, 0.3) is 5.71 Å². The Morgan fingerprint density at radius 1 is 1.26 bits per heavy atom. The number of ether oxygens (including phenoxy) is 1. The second kappa shape index (κ2) is 8.62. The third-order valence-electron chi connectivity index (χ3n) is 4.36. The summed E-state index contributed by atoms with van der Waals surface area (Å²) in [4.78, 5) is 20.6. The molecule has 7 nitrogen and oxygen atoms in total. The molecular formula is C20H24N4O3. The Morgan fingerprint density at radius 3 is 2.78 bits per heavy atom. The molecule has 0 aliphatic heterocycles. The number of benzene rings is 1. The van der Waals surface area contributed by atoms with E-state index in [4.69, 9.17) is 9.26 Å². The molecule has 3 aromatic rings. The normalized spacial score (nSPS) is 12.1. The standard InChI is InChI=1S/C20H24N4O3/c1-4-26-17(25)11-10-16-22-19(18-14(3)24-27-20(18)23-16)21-12-13(2)15-8-6-5-7-9-15/h5-9,13H,4,10-12H2,1-3H3,(H,21,22,23). The van der Waals surface area contributed by atoms with Crippen LogP contribution >= 0.6 is 0 Å². The lowest BCUT2D eigenvalue weighted by Gasteiger charge is -2.14. The van der Waals surface area contributed by atoms with E-state index in [1.807, 2.05) is 25.1 Å². The number of carbonyl (C=O) groups is 1. The van der Waals surface area contributed by atoms with Crippen molar-refractivity contribution in [2.45, 2.75) is 39.5 Å². The summed E-state index contributed by atoms with van der Waals surface area (Å²) in [5.74, 6) is 1.25. The molecule has 7 heteroatoms. The second-order valence-electron chi connectivity index (χ2n) is 6.43. The van der Waals surface area contributed by atoms with Crippen molar-refractivity contribution in [1.29, 1.82) is 0 Å². The number of fused-ring (bicyclic) bond motifs is 1. The van der Waals surface area contributed by atoms with Gasteiger partial charge >= 0.3 is 5.97 Å². The topological polar surface area (TPSA) is 90.1 Å². The second-order valence-corrected chi connectivity index (χ2v) is 6.43. The van der Waals surface area contributed by atoms with Crippen LogP contribution in [0.4, 0.5) is 5.82 Å². The van der Waals surface area contributed by atoms with E-state index in [2.05, 4.69) is 39.5 Å². The van der Waals surface area contributed by atoms with Gasteiger partial charge in [0, 0.05) is 13.0 Å². The maximum Gasteiger partial charge on any atom is 0.306 e. The SMILES string of the molecule is CCOC(=O)CCc1nc(NCC(C)c2ccccc2)c2c(C)noc2n1. The van der Waals surface area contributed by atoms with Crippen molar-refractivity contribution in [3.05, 3.63) is 47.4 Å². The van der Waals surface area contributed by atoms with Crippen LogP contribution in [0.1, 0.15) is 43.3 Å². The fourth-order valence-electron chi connectivity index (χ4n) is 2.87. The lowest BCUT2D eigenvalue weighted by Crippen LogP contribution is -2.13. The van der Waals surface area contributed by atoms with E-state index >= 15 is 0 Å². The summed E-state index contributed by atoms with van der Waals surface area (Å²) in [5.41, 5.74) is 2.41. The zero-order valence-electron chi connectivity index (χ0n) is 15.9. The van der Waals surface area contributed by atoms with E-state index in [9.17, 15) is 4.79 Å². The minimum Gasteiger partial charge on any atom is -0.466 e. The summed E-state index contributed by atoms with van der Waals surface area (Å²) in [6.07, 6.45) is 0.615. The molecule has 3 rings (SSSR count). The lowest BCUT2D eigenvalue weighted by atomic mass is 10.0. The molecule has 2 aromatic heterocycles. The summed E-state index contributed by atoms with van der Waals surface area (Å²) < 4.78 is 10.3. The minimum absolute atomic E-state index is 0.228. The van der Waals surface area contributed by atoms with Crippen LogP contribution < -0.4 is 5.32 Å². The number of nitrogens with one attached hydrogen (secondary N) is 1. The molecule has 0 saturated heterocycles. The van der Waals surface area contributed by atoms with E-state index in [1.54, 1.807) is 6.92 Å². The van der Waals surface area contributed by atoms with E-state index in [0.29, 0.717) is 42.8 Å². The van der Waals surface area contributed by atoms with Gasteiger partial charge in [-0.1, -0.05) is 42.4 Å². The monoisotopic (exact) mass is 368 g/mol. The van der Waals surface area contributed by atoms with E-state index in [0.717, 1.165) is 11.1 Å². The number of anilines is 1. The van der Waals surface area contributed by atoms with Gasteiger partial charge in [-0.3, -0.25) is 4.79 Å². The fourth-order valence-corrected chi connectivity index (χ4v) is 2.87. The van der Waals surface area contributed by atoms with Gasteiger partial charge in [-0.25, -0.2) is 4.98 Å². The van der Waals surface area contributed by atoms with Crippen LogP contribution in [0.3, 0.4) is 0 Å². The number of nitrogens with zero attached hydrogens (tertiary/aromatic N) is 3. The predicted molar refractivity (Wildman–Crippen MR) is 103 cm³/mol. The van der Waals surface area contributed by atoms with Gasteiger partial charge in [-0.05, 0) is 25.3 Å². The third-order valence-corrected chi connectivity index (χ3v) is 4.36. The molecule has 1 unspecified atom stereocenters. The Kier molecular flexibility index (Phi) is 6.01. The van der Waals surface area contributed by atoms with Crippen molar-refractivity contribution in [2.75, 3.05) is 18.5 Å². The summed E-state index contributed by atoms with van der Waals surface area (Å²) in [6.45, 7) is 6.87. The average molecular weight is 368 g/mol. The van der Waals surface area contributed by atoms with Crippen LogP contribution in [0, 0.1) is 6.92 Å². The third kappa shape index (κ3) is 4.61. The molecule has 0 amide bonds.